The van der Waals surface area contributed by atoms with Gasteiger partial charge < -0.3 is 4.42 Å². The third kappa shape index (κ3) is 3.98. The smallest absolute Gasteiger partial charge is 0.164 e. The molecule has 0 spiro atoms. The van der Waals surface area contributed by atoms with E-state index in [1.165, 1.54) is 33.0 Å². The van der Waals surface area contributed by atoms with Gasteiger partial charge in [0.25, 0.3) is 0 Å². The third-order valence-corrected chi connectivity index (χ3v) is 9.28. The molecule has 0 N–H and O–H groups in total. The maximum absolute atomic E-state index is 6.57. The Morgan fingerprint density at radius 2 is 0.979 bits per heavy atom. The van der Waals surface area contributed by atoms with Crippen LogP contribution in [0.25, 0.3) is 100 Å². The molecule has 0 radical (unpaired) electrons. The van der Waals surface area contributed by atoms with E-state index in [0.29, 0.717) is 17.5 Å². The molecule has 2 aromatic heterocycles. The van der Waals surface area contributed by atoms with Crippen LogP contribution in [0.5, 0.6) is 0 Å². The lowest BCUT2D eigenvalue weighted by molar-refractivity contribution is 0.670. The summed E-state index contributed by atoms with van der Waals surface area (Å²) in [7, 11) is 0. The van der Waals surface area contributed by atoms with Gasteiger partial charge in [0.2, 0.25) is 0 Å². The molecule has 0 saturated carbocycles. The largest absolute Gasteiger partial charge is 0.455 e. The Kier molecular flexibility index (Phi) is 5.54. The highest BCUT2D eigenvalue weighted by atomic mass is 16.3. The van der Waals surface area contributed by atoms with Crippen molar-refractivity contribution in [3.8, 4) is 67.5 Å². The Morgan fingerprint density at radius 3 is 1.77 bits per heavy atom. The molecule has 2 heterocycles. The van der Waals surface area contributed by atoms with E-state index in [2.05, 4.69) is 103 Å². The minimum atomic E-state index is 0.609. The van der Waals surface area contributed by atoms with Crippen molar-refractivity contribution in [3.05, 3.63) is 152 Å². The molecule has 0 atom stereocenters. The molecule has 10 rings (SSSR count). The second-order valence-corrected chi connectivity index (χ2v) is 12.0. The van der Waals surface area contributed by atoms with E-state index in [0.717, 1.165) is 49.8 Å². The number of rotatable bonds is 4. The van der Waals surface area contributed by atoms with Gasteiger partial charge in [0.15, 0.2) is 17.5 Å². The highest BCUT2D eigenvalue weighted by Gasteiger charge is 2.23. The van der Waals surface area contributed by atoms with Gasteiger partial charge in [0, 0.05) is 33.0 Å². The summed E-state index contributed by atoms with van der Waals surface area (Å²) in [5, 5.41) is 4.58. The number of benzene rings is 7. The van der Waals surface area contributed by atoms with Crippen LogP contribution in [0, 0.1) is 0 Å². The van der Waals surface area contributed by atoms with Crippen LogP contribution < -0.4 is 0 Å². The Morgan fingerprint density at radius 1 is 0.362 bits per heavy atom. The number of nitrogens with zero attached hydrogens (tertiary/aromatic N) is 3. The van der Waals surface area contributed by atoms with Gasteiger partial charge in [-0.15, -0.1) is 0 Å². The van der Waals surface area contributed by atoms with Gasteiger partial charge in [-0.25, -0.2) is 15.0 Å². The van der Waals surface area contributed by atoms with Crippen molar-refractivity contribution in [1.29, 1.82) is 0 Å². The van der Waals surface area contributed by atoms with E-state index < -0.39 is 0 Å². The molecule has 1 aliphatic rings. The molecule has 1 aliphatic carbocycles. The van der Waals surface area contributed by atoms with Crippen molar-refractivity contribution in [2.75, 3.05) is 0 Å². The quantitative estimate of drug-likeness (QED) is 0.202. The molecule has 0 amide bonds. The van der Waals surface area contributed by atoms with Crippen LogP contribution in [-0.2, 0) is 0 Å². The van der Waals surface area contributed by atoms with Gasteiger partial charge in [-0.1, -0.05) is 140 Å². The van der Waals surface area contributed by atoms with Gasteiger partial charge in [-0.2, -0.15) is 0 Å². The summed E-state index contributed by atoms with van der Waals surface area (Å²) in [6.45, 7) is 0. The first kappa shape index (κ1) is 25.9. The first-order valence-electron chi connectivity index (χ1n) is 15.8. The SMILES string of the molecule is c1ccc(-c2nc(-c3ccc4c(c3)-c3cccc5cccc-4c35)nc(-c3cccc4oc5c(-c6ccccc6)cccc5c34)n2)cc1. The van der Waals surface area contributed by atoms with Crippen molar-refractivity contribution in [2.24, 2.45) is 0 Å². The number of para-hydroxylation sites is 1. The Balaban J connectivity index is 1.20. The lowest BCUT2D eigenvalue weighted by Crippen LogP contribution is -2.00. The lowest BCUT2D eigenvalue weighted by atomic mass is 10.00. The Hall–Kier alpha value is -6.39. The van der Waals surface area contributed by atoms with Crippen LogP contribution in [0.2, 0.25) is 0 Å². The van der Waals surface area contributed by atoms with Crippen LogP contribution in [0.1, 0.15) is 0 Å². The topological polar surface area (TPSA) is 51.8 Å². The summed E-state index contributed by atoms with van der Waals surface area (Å²) in [5.74, 6) is 1.87. The summed E-state index contributed by atoms with van der Waals surface area (Å²) in [6.07, 6.45) is 0. The zero-order valence-corrected chi connectivity index (χ0v) is 25.2. The highest BCUT2D eigenvalue weighted by Crippen LogP contribution is 2.48. The van der Waals surface area contributed by atoms with Crippen molar-refractivity contribution in [1.82, 2.24) is 15.0 Å². The fourth-order valence-electron chi connectivity index (χ4n) is 7.15. The minimum absolute atomic E-state index is 0.609. The average molecular weight is 600 g/mol. The predicted octanol–water partition coefficient (Wildman–Crippen LogP) is 11.2. The maximum Gasteiger partial charge on any atom is 0.164 e. The number of hydrogen-bond acceptors (Lipinski definition) is 4. The van der Waals surface area contributed by atoms with E-state index >= 15 is 0 Å². The zero-order chi connectivity index (χ0) is 30.9. The number of hydrogen-bond donors (Lipinski definition) is 0. The summed E-state index contributed by atoms with van der Waals surface area (Å²) in [6, 6.07) is 52.6. The summed E-state index contributed by atoms with van der Waals surface area (Å²) >= 11 is 0. The maximum atomic E-state index is 6.57. The lowest BCUT2D eigenvalue weighted by Gasteiger charge is -2.10. The molecule has 218 valence electrons. The molecule has 7 aromatic carbocycles. The van der Waals surface area contributed by atoms with Crippen LogP contribution >= 0.6 is 0 Å². The van der Waals surface area contributed by atoms with Gasteiger partial charge in [-0.3, -0.25) is 0 Å². The average Bonchev–Trinajstić information content (AvgIpc) is 3.69. The molecule has 0 saturated heterocycles. The Labute approximate surface area is 270 Å². The molecule has 0 bridgehead atoms. The van der Waals surface area contributed by atoms with E-state index in [1.54, 1.807) is 0 Å². The minimum Gasteiger partial charge on any atom is -0.455 e. The molecular weight excluding hydrogens is 574 g/mol. The summed E-state index contributed by atoms with van der Waals surface area (Å²) < 4.78 is 6.57. The number of furan rings is 1. The fourth-order valence-corrected chi connectivity index (χ4v) is 7.15. The Bertz CT molecular complexity index is 2670. The monoisotopic (exact) mass is 599 g/mol. The van der Waals surface area contributed by atoms with Crippen molar-refractivity contribution in [3.63, 3.8) is 0 Å². The van der Waals surface area contributed by atoms with Crippen LogP contribution in [0.3, 0.4) is 0 Å². The fraction of sp³-hybridized carbons (Fsp3) is 0. The van der Waals surface area contributed by atoms with E-state index in [1.807, 2.05) is 48.5 Å². The standard InChI is InChI=1S/C43H25N3O/c1-3-11-26(12-4-1)30-17-9-20-34-39-35(21-10-22-37(39)47-40(30)34)43-45-41(28-13-5-2-6-14-28)44-42(46-43)29-23-24-31-32-18-7-15-27-16-8-19-33(38(27)32)36(31)25-29/h1-25H. The van der Waals surface area contributed by atoms with Crippen molar-refractivity contribution < 1.29 is 4.42 Å². The summed E-state index contributed by atoms with van der Waals surface area (Å²) in [5.41, 5.74) is 11.6. The molecule has 0 fully saturated rings. The summed E-state index contributed by atoms with van der Waals surface area (Å²) in [4.78, 5) is 15.3. The third-order valence-electron chi connectivity index (χ3n) is 9.28. The van der Waals surface area contributed by atoms with Crippen LogP contribution in [-0.4, -0.2) is 15.0 Å². The molecule has 0 aliphatic heterocycles. The van der Waals surface area contributed by atoms with Gasteiger partial charge >= 0.3 is 0 Å². The van der Waals surface area contributed by atoms with Crippen molar-refractivity contribution >= 4 is 32.7 Å². The second-order valence-electron chi connectivity index (χ2n) is 12.0. The zero-order valence-electron chi connectivity index (χ0n) is 25.2. The molecular formula is C43H25N3O. The second kappa shape index (κ2) is 10.1. The van der Waals surface area contributed by atoms with E-state index in [-0.39, 0.29) is 0 Å². The molecule has 9 aromatic rings. The highest BCUT2D eigenvalue weighted by molar-refractivity contribution is 6.16. The number of fused-ring (bicyclic) bond motifs is 6. The van der Waals surface area contributed by atoms with Gasteiger partial charge in [-0.05, 0) is 50.7 Å². The van der Waals surface area contributed by atoms with E-state index in [9.17, 15) is 0 Å². The van der Waals surface area contributed by atoms with Gasteiger partial charge in [0.05, 0.1) is 0 Å². The molecule has 47 heavy (non-hydrogen) atoms. The molecule has 4 nitrogen and oxygen atoms in total. The normalized spacial score (nSPS) is 11.8. The first-order valence-corrected chi connectivity index (χ1v) is 15.8. The number of aromatic nitrogens is 3. The van der Waals surface area contributed by atoms with Crippen LogP contribution in [0.4, 0.5) is 0 Å². The molecule has 4 heteroatoms. The molecule has 0 unspecified atom stereocenters. The first-order chi connectivity index (χ1) is 23.3. The van der Waals surface area contributed by atoms with E-state index in [4.69, 9.17) is 19.4 Å². The van der Waals surface area contributed by atoms with Crippen molar-refractivity contribution in [2.45, 2.75) is 0 Å². The predicted molar refractivity (Wildman–Crippen MR) is 191 cm³/mol. The van der Waals surface area contributed by atoms with Gasteiger partial charge in [0.1, 0.15) is 11.2 Å². The van der Waals surface area contributed by atoms with Crippen LogP contribution in [0.15, 0.2) is 156 Å².